The Morgan fingerprint density at radius 2 is 1.62 bits per heavy atom. The molecular formula is C20H20F6N4O3S. The molecule has 1 aromatic carbocycles. The average Bonchev–Trinajstić information content (AvgIpc) is 2.77. The molecule has 1 fully saturated rings. The van der Waals surface area contributed by atoms with Gasteiger partial charge in [0.15, 0.2) is 0 Å². The highest BCUT2D eigenvalue weighted by Gasteiger charge is 2.42. The normalized spacial score (nSPS) is 16.3. The van der Waals surface area contributed by atoms with E-state index in [-0.39, 0.29) is 56.6 Å². The molecule has 0 aliphatic carbocycles. The van der Waals surface area contributed by atoms with E-state index in [1.807, 2.05) is 0 Å². The van der Waals surface area contributed by atoms with E-state index in [1.54, 1.807) is 12.1 Å². The molecule has 2 heterocycles. The summed E-state index contributed by atoms with van der Waals surface area (Å²) in [6.07, 6.45) is -6.79. The van der Waals surface area contributed by atoms with Crippen molar-refractivity contribution in [2.45, 2.75) is 30.1 Å². The molecule has 7 nitrogen and oxygen atoms in total. The van der Waals surface area contributed by atoms with Crippen LogP contribution in [0.15, 0.2) is 47.6 Å². The molecule has 1 aliphatic heterocycles. The molecule has 14 heteroatoms. The average molecular weight is 510 g/mol. The number of alkyl halides is 6. The number of benzene rings is 1. The Morgan fingerprint density at radius 3 is 2.18 bits per heavy atom. The molecule has 34 heavy (non-hydrogen) atoms. The second-order valence-electron chi connectivity index (χ2n) is 7.62. The van der Waals surface area contributed by atoms with E-state index in [1.165, 1.54) is 12.4 Å². The van der Waals surface area contributed by atoms with Crippen molar-refractivity contribution in [1.82, 2.24) is 14.6 Å². The third-order valence-corrected chi connectivity index (χ3v) is 7.23. The van der Waals surface area contributed by atoms with Gasteiger partial charge in [0, 0.05) is 37.7 Å². The summed E-state index contributed by atoms with van der Waals surface area (Å²) in [4.78, 5) is 14.3. The number of nitrogens with one attached hydrogen (secondary N) is 2. The highest BCUT2D eigenvalue weighted by atomic mass is 32.2. The van der Waals surface area contributed by atoms with E-state index in [2.05, 4.69) is 15.6 Å². The number of nitrogens with zero attached hydrogens (tertiary/aromatic N) is 2. The number of carbonyl (C=O) groups excluding carboxylic acids is 1. The summed E-state index contributed by atoms with van der Waals surface area (Å²) in [5, 5.41) is 5.21. The van der Waals surface area contributed by atoms with Crippen LogP contribution in [0.4, 0.5) is 36.8 Å². The van der Waals surface area contributed by atoms with Crippen molar-refractivity contribution in [3.63, 3.8) is 0 Å². The van der Waals surface area contributed by atoms with E-state index in [0.717, 1.165) is 4.31 Å². The summed E-state index contributed by atoms with van der Waals surface area (Å²) in [6.45, 7) is -0.218. The topological polar surface area (TPSA) is 91.4 Å². The third-order valence-electron chi connectivity index (χ3n) is 5.30. The number of pyridine rings is 1. The molecule has 2 aromatic rings. The molecule has 0 atom stereocenters. The molecule has 0 radical (unpaired) electrons. The number of anilines is 1. The first-order valence-corrected chi connectivity index (χ1v) is 11.5. The van der Waals surface area contributed by atoms with Crippen molar-refractivity contribution < 1.29 is 39.6 Å². The van der Waals surface area contributed by atoms with Gasteiger partial charge in [-0.2, -0.15) is 30.6 Å². The van der Waals surface area contributed by atoms with Gasteiger partial charge in [0.05, 0.1) is 16.0 Å². The number of halogens is 6. The summed E-state index contributed by atoms with van der Waals surface area (Å²) in [7, 11) is -4.85. The molecule has 0 saturated carbocycles. The molecule has 186 valence electrons. The zero-order valence-corrected chi connectivity index (χ0v) is 18.3. The second kappa shape index (κ2) is 9.78. The van der Waals surface area contributed by atoms with Gasteiger partial charge in [-0.1, -0.05) is 0 Å². The lowest BCUT2D eigenvalue weighted by atomic mass is 9.98. The summed E-state index contributed by atoms with van der Waals surface area (Å²) in [5.74, 6) is -0.168. The molecule has 3 rings (SSSR count). The molecule has 0 spiro atoms. The lowest BCUT2D eigenvalue weighted by molar-refractivity contribution is -0.143. The minimum Gasteiger partial charge on any atom is -0.338 e. The number of rotatable bonds is 5. The van der Waals surface area contributed by atoms with Gasteiger partial charge < -0.3 is 10.6 Å². The molecule has 0 unspecified atom stereocenters. The van der Waals surface area contributed by atoms with Crippen LogP contribution < -0.4 is 10.6 Å². The van der Waals surface area contributed by atoms with E-state index in [0.29, 0.717) is 5.69 Å². The zero-order chi connectivity index (χ0) is 25.1. The Balaban J connectivity index is 1.67. The van der Waals surface area contributed by atoms with Crippen LogP contribution in [0.1, 0.15) is 24.0 Å². The van der Waals surface area contributed by atoms with Crippen molar-refractivity contribution in [2.75, 3.05) is 25.0 Å². The zero-order valence-electron chi connectivity index (χ0n) is 17.4. The number of urea groups is 1. The van der Waals surface area contributed by atoms with Crippen LogP contribution in [0.25, 0.3) is 0 Å². The second-order valence-corrected chi connectivity index (χ2v) is 9.53. The quantitative estimate of drug-likeness (QED) is 0.586. The molecule has 0 bridgehead atoms. The van der Waals surface area contributed by atoms with Crippen LogP contribution in [0.2, 0.25) is 0 Å². The Kier molecular flexibility index (Phi) is 7.41. The number of hydrogen-bond donors (Lipinski definition) is 2. The monoisotopic (exact) mass is 510 g/mol. The maximum absolute atomic E-state index is 13.4. The third kappa shape index (κ3) is 6.17. The van der Waals surface area contributed by atoms with E-state index in [4.69, 9.17) is 0 Å². The van der Waals surface area contributed by atoms with Crippen molar-refractivity contribution in [3.05, 3.63) is 53.9 Å². The summed E-state index contributed by atoms with van der Waals surface area (Å²) in [6, 6.07) is 3.01. The molecule has 2 amide bonds. The fraction of sp³-hybridized carbons (Fsp3) is 0.400. The molecular weight excluding hydrogens is 490 g/mol. The number of sulfonamides is 1. The first kappa shape index (κ1) is 25.7. The largest absolute Gasteiger partial charge is 0.417 e. The van der Waals surface area contributed by atoms with Crippen molar-refractivity contribution >= 4 is 21.7 Å². The van der Waals surface area contributed by atoms with Crippen molar-refractivity contribution in [3.8, 4) is 0 Å². The standard InChI is InChI=1S/C20H20F6N4O3S/c21-19(22,23)14-1-2-16(20(24,25)26)17(11-14)34(32,33)30-9-5-13(6-10-30)12-28-18(31)29-15-3-7-27-8-4-15/h1-4,7-8,11,13H,5-6,9-10,12H2,(H2,27,28,29,31). The van der Waals surface area contributed by atoms with Crippen molar-refractivity contribution in [1.29, 1.82) is 0 Å². The van der Waals surface area contributed by atoms with Gasteiger partial charge >= 0.3 is 18.4 Å². The number of amides is 2. The van der Waals surface area contributed by atoms with Gasteiger partial charge in [-0.15, -0.1) is 0 Å². The number of piperidine rings is 1. The number of aromatic nitrogens is 1. The van der Waals surface area contributed by atoms with Crippen LogP contribution >= 0.6 is 0 Å². The fourth-order valence-corrected chi connectivity index (χ4v) is 5.19. The lowest BCUT2D eigenvalue weighted by Gasteiger charge is -2.32. The Hall–Kier alpha value is -2.87. The Bertz CT molecular complexity index is 1120. The van der Waals surface area contributed by atoms with Gasteiger partial charge in [-0.05, 0) is 49.1 Å². The van der Waals surface area contributed by atoms with Gasteiger partial charge in [0.25, 0.3) is 0 Å². The highest BCUT2D eigenvalue weighted by Crippen LogP contribution is 2.39. The van der Waals surface area contributed by atoms with Crippen molar-refractivity contribution in [2.24, 2.45) is 5.92 Å². The smallest absolute Gasteiger partial charge is 0.338 e. The van der Waals surface area contributed by atoms with E-state index >= 15 is 0 Å². The first-order valence-electron chi connectivity index (χ1n) is 10.0. The lowest BCUT2D eigenvalue weighted by Crippen LogP contribution is -2.42. The molecule has 1 aromatic heterocycles. The summed E-state index contributed by atoms with van der Waals surface area (Å²) < 4.78 is 106. The summed E-state index contributed by atoms with van der Waals surface area (Å²) >= 11 is 0. The Labute approximate surface area is 191 Å². The van der Waals surface area contributed by atoms with E-state index < -0.39 is 44.4 Å². The predicted molar refractivity (Wildman–Crippen MR) is 109 cm³/mol. The van der Waals surface area contributed by atoms with Gasteiger partial charge in [0.2, 0.25) is 10.0 Å². The number of carbonyl (C=O) groups is 1. The maximum atomic E-state index is 13.4. The highest BCUT2D eigenvalue weighted by molar-refractivity contribution is 7.89. The maximum Gasteiger partial charge on any atom is 0.417 e. The van der Waals surface area contributed by atoms with Crippen LogP contribution in [-0.4, -0.2) is 43.4 Å². The minimum absolute atomic E-state index is 0.0231. The molecule has 2 N–H and O–H groups in total. The van der Waals surface area contributed by atoms with Crippen LogP contribution in [-0.2, 0) is 22.4 Å². The van der Waals surface area contributed by atoms with Crippen LogP contribution in [0.3, 0.4) is 0 Å². The SMILES string of the molecule is O=C(NCC1CCN(S(=O)(=O)c2cc(C(F)(F)F)ccc2C(F)(F)F)CC1)Nc1ccncc1. The van der Waals surface area contributed by atoms with Crippen LogP contribution in [0.5, 0.6) is 0 Å². The van der Waals surface area contributed by atoms with E-state index in [9.17, 15) is 39.6 Å². The Morgan fingerprint density at radius 1 is 1.00 bits per heavy atom. The molecule has 1 aliphatic rings. The predicted octanol–water partition coefficient (Wildman–Crippen LogP) is 4.34. The van der Waals surface area contributed by atoms with Gasteiger partial charge in [-0.25, -0.2) is 13.2 Å². The minimum atomic E-state index is -5.16. The van der Waals surface area contributed by atoms with Gasteiger partial charge in [0.1, 0.15) is 0 Å². The van der Waals surface area contributed by atoms with Crippen LogP contribution in [0, 0.1) is 5.92 Å². The fourth-order valence-electron chi connectivity index (χ4n) is 3.49. The summed E-state index contributed by atoms with van der Waals surface area (Å²) in [5.41, 5.74) is -2.63. The number of hydrogen-bond acceptors (Lipinski definition) is 4. The molecule has 1 saturated heterocycles. The van der Waals surface area contributed by atoms with Gasteiger partial charge in [-0.3, -0.25) is 4.98 Å². The first-order chi connectivity index (χ1) is 15.8.